The van der Waals surface area contributed by atoms with Gasteiger partial charge in [-0.3, -0.25) is 0 Å². The molecule has 1 atom stereocenters. The number of aromatic nitrogens is 3. The van der Waals surface area contributed by atoms with E-state index in [0.717, 1.165) is 16.9 Å². The first-order valence-electron chi connectivity index (χ1n) is 8.87. The maximum Gasteiger partial charge on any atom is 0.258 e. The molecule has 0 spiro atoms. The van der Waals surface area contributed by atoms with E-state index in [1.54, 1.807) is 6.20 Å². The Kier molecular flexibility index (Phi) is 5.96. The lowest BCUT2D eigenvalue weighted by molar-refractivity contribution is 0.0718. The summed E-state index contributed by atoms with van der Waals surface area (Å²) >= 11 is 0. The second kappa shape index (κ2) is 8.58. The van der Waals surface area contributed by atoms with Crippen LogP contribution < -0.4 is 5.32 Å². The van der Waals surface area contributed by atoms with Gasteiger partial charge >= 0.3 is 0 Å². The molecule has 0 bridgehead atoms. The third kappa shape index (κ3) is 4.46. The molecule has 0 aliphatic carbocycles. The number of nitrogens with one attached hydrogen (secondary N) is 1. The Morgan fingerprint density at radius 2 is 1.96 bits per heavy atom. The predicted molar refractivity (Wildman–Crippen MR) is 101 cm³/mol. The van der Waals surface area contributed by atoms with Crippen LogP contribution in [0.2, 0.25) is 0 Å². The standard InChI is InChI=1S/C20H24N4O2/c1-4-25-17(15-8-6-5-7-9-15)13-22-18-12-16(10-11-21-18)20-23-19(14(2)3)24-26-20/h5-12,14,17H,4,13H2,1-3H3,(H,21,22). The molecule has 0 aliphatic heterocycles. The number of anilines is 1. The average Bonchev–Trinajstić information content (AvgIpc) is 3.17. The molecule has 2 aromatic heterocycles. The van der Waals surface area contributed by atoms with E-state index in [2.05, 4.69) is 32.6 Å². The van der Waals surface area contributed by atoms with Crippen molar-refractivity contribution in [3.8, 4) is 11.5 Å². The van der Waals surface area contributed by atoms with E-state index < -0.39 is 0 Å². The first-order chi connectivity index (χ1) is 12.7. The topological polar surface area (TPSA) is 73.1 Å². The van der Waals surface area contributed by atoms with Crippen molar-refractivity contribution < 1.29 is 9.26 Å². The molecule has 1 unspecified atom stereocenters. The van der Waals surface area contributed by atoms with Crippen LogP contribution in [0.15, 0.2) is 53.2 Å². The van der Waals surface area contributed by atoms with Crippen LogP contribution in [0.4, 0.5) is 5.82 Å². The van der Waals surface area contributed by atoms with Crippen LogP contribution in [0.5, 0.6) is 0 Å². The van der Waals surface area contributed by atoms with Crippen molar-refractivity contribution in [1.82, 2.24) is 15.1 Å². The number of pyridine rings is 1. The van der Waals surface area contributed by atoms with Gasteiger partial charge in [-0.05, 0) is 24.6 Å². The Labute approximate surface area is 153 Å². The van der Waals surface area contributed by atoms with E-state index >= 15 is 0 Å². The Morgan fingerprint density at radius 3 is 2.65 bits per heavy atom. The monoisotopic (exact) mass is 352 g/mol. The molecule has 1 aromatic carbocycles. The van der Waals surface area contributed by atoms with Gasteiger partial charge < -0.3 is 14.6 Å². The highest BCUT2D eigenvalue weighted by molar-refractivity contribution is 5.57. The van der Waals surface area contributed by atoms with Crippen LogP contribution in [0.25, 0.3) is 11.5 Å². The molecular weight excluding hydrogens is 328 g/mol. The summed E-state index contributed by atoms with van der Waals surface area (Å²) in [5, 5.41) is 7.35. The summed E-state index contributed by atoms with van der Waals surface area (Å²) in [4.78, 5) is 8.81. The number of hydrogen-bond acceptors (Lipinski definition) is 6. The van der Waals surface area contributed by atoms with Crippen LogP contribution in [-0.2, 0) is 4.74 Å². The lowest BCUT2D eigenvalue weighted by Gasteiger charge is -2.18. The zero-order chi connectivity index (χ0) is 18.4. The minimum Gasteiger partial charge on any atom is -0.372 e. The zero-order valence-corrected chi connectivity index (χ0v) is 15.3. The summed E-state index contributed by atoms with van der Waals surface area (Å²) in [5.74, 6) is 2.17. The molecule has 6 nitrogen and oxygen atoms in total. The Balaban J connectivity index is 1.71. The molecule has 0 radical (unpaired) electrons. The number of ether oxygens (including phenoxy) is 1. The third-order valence-corrected chi connectivity index (χ3v) is 3.97. The SMILES string of the molecule is CCOC(CNc1cc(-c2nc(C(C)C)no2)ccn1)c1ccccc1. The maximum absolute atomic E-state index is 5.86. The Hall–Kier alpha value is -2.73. The average molecular weight is 352 g/mol. The minimum absolute atomic E-state index is 0.0393. The van der Waals surface area contributed by atoms with Crippen LogP contribution in [-0.4, -0.2) is 28.3 Å². The molecule has 0 amide bonds. The highest BCUT2D eigenvalue weighted by atomic mass is 16.5. The maximum atomic E-state index is 5.86. The van der Waals surface area contributed by atoms with E-state index in [4.69, 9.17) is 9.26 Å². The molecule has 0 saturated carbocycles. The normalized spacial score (nSPS) is 12.3. The lowest BCUT2D eigenvalue weighted by Crippen LogP contribution is -2.16. The highest BCUT2D eigenvalue weighted by Gasteiger charge is 2.14. The van der Waals surface area contributed by atoms with E-state index in [0.29, 0.717) is 24.9 Å². The van der Waals surface area contributed by atoms with Gasteiger partial charge in [0.05, 0.1) is 6.10 Å². The van der Waals surface area contributed by atoms with Crippen molar-refractivity contribution in [2.24, 2.45) is 0 Å². The number of rotatable bonds is 8. The van der Waals surface area contributed by atoms with Crippen molar-refractivity contribution in [3.05, 3.63) is 60.0 Å². The molecule has 136 valence electrons. The molecule has 6 heteroatoms. The largest absolute Gasteiger partial charge is 0.372 e. The molecule has 1 N–H and O–H groups in total. The van der Waals surface area contributed by atoms with Gasteiger partial charge in [0.25, 0.3) is 5.89 Å². The fourth-order valence-corrected chi connectivity index (χ4v) is 2.59. The van der Waals surface area contributed by atoms with Crippen LogP contribution in [0.3, 0.4) is 0 Å². The summed E-state index contributed by atoms with van der Waals surface area (Å²) in [5.41, 5.74) is 1.98. The summed E-state index contributed by atoms with van der Waals surface area (Å²) in [6.45, 7) is 7.33. The van der Waals surface area contributed by atoms with Gasteiger partial charge in [-0.2, -0.15) is 4.98 Å². The summed E-state index contributed by atoms with van der Waals surface area (Å²) < 4.78 is 11.2. The van der Waals surface area contributed by atoms with Crippen LogP contribution >= 0.6 is 0 Å². The number of nitrogens with zero attached hydrogens (tertiary/aromatic N) is 3. The first kappa shape index (κ1) is 18.1. The van der Waals surface area contributed by atoms with E-state index in [-0.39, 0.29) is 12.0 Å². The summed E-state index contributed by atoms with van der Waals surface area (Å²) in [6, 6.07) is 13.9. The van der Waals surface area contributed by atoms with Crippen LogP contribution in [0.1, 0.15) is 44.2 Å². The van der Waals surface area contributed by atoms with E-state index in [1.165, 1.54) is 0 Å². The quantitative estimate of drug-likeness (QED) is 0.646. The fourth-order valence-electron chi connectivity index (χ4n) is 2.59. The molecular formula is C20H24N4O2. The first-order valence-corrected chi connectivity index (χ1v) is 8.87. The van der Waals surface area contributed by atoms with E-state index in [1.807, 2.05) is 51.1 Å². The molecule has 0 saturated heterocycles. The number of benzene rings is 1. The molecule has 0 aliphatic rings. The number of hydrogen-bond donors (Lipinski definition) is 1. The van der Waals surface area contributed by atoms with E-state index in [9.17, 15) is 0 Å². The van der Waals surface area contributed by atoms with Crippen molar-refractivity contribution in [1.29, 1.82) is 0 Å². The molecule has 0 fully saturated rings. The van der Waals surface area contributed by atoms with Crippen molar-refractivity contribution in [2.45, 2.75) is 32.8 Å². The Bertz CT molecular complexity index is 817. The summed E-state index contributed by atoms with van der Waals surface area (Å²) in [7, 11) is 0. The van der Waals surface area contributed by atoms with Gasteiger partial charge in [0.2, 0.25) is 0 Å². The zero-order valence-electron chi connectivity index (χ0n) is 15.3. The lowest BCUT2D eigenvalue weighted by atomic mass is 10.1. The second-order valence-electron chi connectivity index (χ2n) is 6.28. The van der Waals surface area contributed by atoms with Gasteiger partial charge in [0.15, 0.2) is 5.82 Å². The summed E-state index contributed by atoms with van der Waals surface area (Å²) in [6.07, 6.45) is 1.69. The van der Waals surface area contributed by atoms with Crippen LogP contribution in [0, 0.1) is 0 Å². The van der Waals surface area contributed by atoms with Gasteiger partial charge in [-0.25, -0.2) is 4.98 Å². The molecule has 3 aromatic rings. The molecule has 2 heterocycles. The van der Waals surface area contributed by atoms with Crippen molar-refractivity contribution in [2.75, 3.05) is 18.5 Å². The van der Waals surface area contributed by atoms with Crippen molar-refractivity contribution >= 4 is 5.82 Å². The molecule has 26 heavy (non-hydrogen) atoms. The van der Waals surface area contributed by atoms with Gasteiger partial charge in [0.1, 0.15) is 5.82 Å². The fraction of sp³-hybridized carbons (Fsp3) is 0.350. The highest BCUT2D eigenvalue weighted by Crippen LogP contribution is 2.23. The third-order valence-electron chi connectivity index (χ3n) is 3.97. The Morgan fingerprint density at radius 1 is 1.15 bits per heavy atom. The van der Waals surface area contributed by atoms with Gasteiger partial charge in [0, 0.05) is 30.8 Å². The van der Waals surface area contributed by atoms with Gasteiger partial charge in [-0.1, -0.05) is 49.3 Å². The van der Waals surface area contributed by atoms with Gasteiger partial charge in [-0.15, -0.1) is 0 Å². The predicted octanol–water partition coefficient (Wildman–Crippen LogP) is 4.44. The van der Waals surface area contributed by atoms with Crippen molar-refractivity contribution in [3.63, 3.8) is 0 Å². The molecule has 3 rings (SSSR count). The minimum atomic E-state index is -0.0393. The second-order valence-corrected chi connectivity index (χ2v) is 6.28. The smallest absolute Gasteiger partial charge is 0.258 e.